The first-order valence-electron chi connectivity index (χ1n) is 16.3. The smallest absolute Gasteiger partial charge is 0.335 e. The SMILES string of the molecule is C[C@@H]1CCC[C@H](N2CCC(c3c(F)ccc(Cl)c3F)=CC2=O)c2cc(ccn2)-c2ccc(CC3O[C@H](C(=O)O)[C@@H](O)[C@H](O)[C@H]3O)cc2NC1=O. The molecule has 0 spiro atoms. The quantitative estimate of drug-likeness (QED) is 0.243. The summed E-state index contributed by atoms with van der Waals surface area (Å²) in [6, 6.07) is 10.4. The summed E-state index contributed by atoms with van der Waals surface area (Å²) in [5.41, 5.74) is 2.78. The number of halogens is 3. The van der Waals surface area contributed by atoms with Crippen LogP contribution in [0.2, 0.25) is 5.02 Å². The zero-order valence-corrected chi connectivity index (χ0v) is 27.7. The van der Waals surface area contributed by atoms with E-state index in [1.807, 2.05) is 6.07 Å². The first-order chi connectivity index (χ1) is 23.8. The van der Waals surface area contributed by atoms with E-state index in [9.17, 15) is 43.6 Å². The molecule has 6 rings (SSSR count). The molecular weight excluding hydrogens is 676 g/mol. The van der Waals surface area contributed by atoms with Crippen LogP contribution >= 0.6 is 11.6 Å². The molecule has 11 nitrogen and oxygen atoms in total. The second kappa shape index (κ2) is 14.5. The molecule has 2 amide bonds. The van der Waals surface area contributed by atoms with Crippen LogP contribution in [-0.4, -0.2) is 85.2 Å². The molecule has 0 saturated carbocycles. The molecule has 14 heteroatoms. The van der Waals surface area contributed by atoms with Crippen LogP contribution in [0.25, 0.3) is 16.7 Å². The summed E-state index contributed by atoms with van der Waals surface area (Å²) in [5.74, 6) is -4.31. The zero-order valence-electron chi connectivity index (χ0n) is 26.9. The highest BCUT2D eigenvalue weighted by Crippen LogP contribution is 2.38. The third-order valence-electron chi connectivity index (χ3n) is 9.67. The molecule has 1 saturated heterocycles. The van der Waals surface area contributed by atoms with Crippen molar-refractivity contribution in [3.8, 4) is 11.1 Å². The average molecular weight is 712 g/mol. The van der Waals surface area contributed by atoms with E-state index in [1.165, 1.54) is 6.08 Å². The molecule has 7 atom stereocenters. The number of nitrogens with one attached hydrogen (secondary N) is 1. The van der Waals surface area contributed by atoms with Crippen LogP contribution in [0.15, 0.2) is 54.7 Å². The molecule has 264 valence electrons. The number of fused-ring (bicyclic) bond motifs is 4. The van der Waals surface area contributed by atoms with E-state index in [1.54, 1.807) is 42.3 Å². The predicted molar refractivity (Wildman–Crippen MR) is 178 cm³/mol. The van der Waals surface area contributed by atoms with Crippen LogP contribution in [0.3, 0.4) is 0 Å². The number of carboxylic acids is 1. The van der Waals surface area contributed by atoms with Gasteiger partial charge in [0.1, 0.15) is 24.1 Å². The minimum absolute atomic E-state index is 0.0351. The molecule has 3 aromatic rings. The lowest BCUT2D eigenvalue weighted by atomic mass is 9.90. The van der Waals surface area contributed by atoms with E-state index < -0.39 is 66.0 Å². The van der Waals surface area contributed by atoms with E-state index in [0.29, 0.717) is 47.3 Å². The summed E-state index contributed by atoms with van der Waals surface area (Å²) in [4.78, 5) is 44.8. The fraction of sp³-hybridized carbons (Fsp3) is 0.389. The molecule has 0 aliphatic carbocycles. The lowest BCUT2D eigenvalue weighted by Gasteiger charge is -2.39. The van der Waals surface area contributed by atoms with Crippen LogP contribution in [0.1, 0.15) is 55.5 Å². The number of ether oxygens (including phenoxy) is 1. The molecule has 2 aromatic carbocycles. The first-order valence-corrected chi connectivity index (χ1v) is 16.7. The average Bonchev–Trinajstić information content (AvgIpc) is 3.08. The Morgan fingerprint density at radius 3 is 2.58 bits per heavy atom. The van der Waals surface area contributed by atoms with Crippen molar-refractivity contribution in [3.05, 3.63) is 88.2 Å². The number of aromatic nitrogens is 1. The Bertz CT molecular complexity index is 1860. The Hall–Kier alpha value is -4.27. The van der Waals surface area contributed by atoms with Crippen molar-refractivity contribution in [2.24, 2.45) is 5.92 Å². The summed E-state index contributed by atoms with van der Waals surface area (Å²) >= 11 is 5.91. The van der Waals surface area contributed by atoms with E-state index in [-0.39, 0.29) is 41.5 Å². The van der Waals surface area contributed by atoms with Crippen molar-refractivity contribution < 1.29 is 48.3 Å². The highest BCUT2D eigenvalue weighted by molar-refractivity contribution is 6.31. The highest BCUT2D eigenvalue weighted by Gasteiger charge is 2.46. The Balaban J connectivity index is 1.32. The van der Waals surface area contributed by atoms with Crippen molar-refractivity contribution in [2.45, 2.75) is 75.6 Å². The van der Waals surface area contributed by atoms with Gasteiger partial charge in [-0.15, -0.1) is 0 Å². The lowest BCUT2D eigenvalue weighted by molar-refractivity contribution is -0.227. The van der Waals surface area contributed by atoms with Gasteiger partial charge >= 0.3 is 5.97 Å². The number of hydrogen-bond donors (Lipinski definition) is 5. The number of carbonyl (C=O) groups is 3. The summed E-state index contributed by atoms with van der Waals surface area (Å²) in [5, 5.41) is 43.1. The van der Waals surface area contributed by atoms with Gasteiger partial charge in [-0.3, -0.25) is 14.6 Å². The predicted octanol–water partition coefficient (Wildman–Crippen LogP) is 4.27. The third kappa shape index (κ3) is 7.01. The first kappa shape index (κ1) is 35.6. The van der Waals surface area contributed by atoms with Crippen molar-refractivity contribution in [1.29, 1.82) is 0 Å². The summed E-state index contributed by atoms with van der Waals surface area (Å²) < 4.78 is 34.9. The van der Waals surface area contributed by atoms with Crippen molar-refractivity contribution in [3.63, 3.8) is 0 Å². The van der Waals surface area contributed by atoms with Gasteiger partial charge in [-0.1, -0.05) is 37.1 Å². The molecule has 2 bridgehead atoms. The highest BCUT2D eigenvalue weighted by atomic mass is 35.5. The van der Waals surface area contributed by atoms with Gasteiger partial charge in [0.15, 0.2) is 11.9 Å². The maximum atomic E-state index is 14.8. The molecular formula is C36H36ClF2N3O8. The van der Waals surface area contributed by atoms with Crippen LogP contribution < -0.4 is 5.32 Å². The number of nitrogens with zero attached hydrogens (tertiary/aromatic N) is 2. The van der Waals surface area contributed by atoms with Gasteiger partial charge in [-0.05, 0) is 66.3 Å². The number of amides is 2. The Morgan fingerprint density at radius 2 is 1.84 bits per heavy atom. The van der Waals surface area contributed by atoms with Crippen LogP contribution in [-0.2, 0) is 25.5 Å². The van der Waals surface area contributed by atoms with Gasteiger partial charge < -0.3 is 35.4 Å². The molecule has 1 fully saturated rings. The number of carbonyl (C=O) groups excluding carboxylic acids is 2. The van der Waals surface area contributed by atoms with E-state index in [0.717, 1.165) is 12.1 Å². The summed E-state index contributed by atoms with van der Waals surface area (Å²) in [6.07, 6.45) is -3.50. The molecule has 50 heavy (non-hydrogen) atoms. The fourth-order valence-electron chi connectivity index (χ4n) is 6.88. The number of anilines is 1. The number of benzene rings is 2. The second-order valence-corrected chi connectivity index (χ2v) is 13.4. The number of hydrogen-bond acceptors (Lipinski definition) is 8. The van der Waals surface area contributed by atoms with Gasteiger partial charge in [0.25, 0.3) is 0 Å². The van der Waals surface area contributed by atoms with Crippen molar-refractivity contribution in [2.75, 3.05) is 11.9 Å². The van der Waals surface area contributed by atoms with E-state index in [4.69, 9.17) is 16.3 Å². The van der Waals surface area contributed by atoms with Gasteiger partial charge in [-0.2, -0.15) is 0 Å². The van der Waals surface area contributed by atoms with Gasteiger partial charge in [0.2, 0.25) is 11.8 Å². The number of aliphatic hydroxyl groups excluding tert-OH is 3. The minimum Gasteiger partial charge on any atom is -0.479 e. The molecule has 0 radical (unpaired) electrons. The molecule has 5 N–H and O–H groups in total. The van der Waals surface area contributed by atoms with Crippen LogP contribution in [0.4, 0.5) is 14.5 Å². The van der Waals surface area contributed by atoms with E-state index in [2.05, 4.69) is 10.3 Å². The summed E-state index contributed by atoms with van der Waals surface area (Å²) in [6.45, 7) is 1.96. The summed E-state index contributed by atoms with van der Waals surface area (Å²) in [7, 11) is 0. The maximum Gasteiger partial charge on any atom is 0.335 e. The van der Waals surface area contributed by atoms with Crippen molar-refractivity contribution >= 4 is 40.6 Å². The molecule has 4 heterocycles. The molecule has 3 aliphatic heterocycles. The second-order valence-electron chi connectivity index (χ2n) is 13.0. The number of aliphatic hydroxyl groups is 3. The fourth-order valence-corrected chi connectivity index (χ4v) is 7.04. The Labute approximate surface area is 291 Å². The standard InChI is InChI=1S/C36H36ClF2N3O8/c1-17-3-2-4-26(42-12-10-20(16-28(42)43)29-23(38)8-7-22(37)30(29)39)25-15-19(9-11-40-25)21-6-5-18(13-24(21)41-35(17)47)14-27-31(44)32(45)33(46)34(50-27)36(48)49/h5-9,11,13,15-17,26-27,31-34,44-46H,2-4,10,12,14H2,1H3,(H,41,47)(H,48,49)/t17-,26+,27?,31+,32-,33+,34+/m1/s1. The lowest BCUT2D eigenvalue weighted by Crippen LogP contribution is -2.60. The van der Waals surface area contributed by atoms with Gasteiger partial charge in [-0.25, -0.2) is 13.6 Å². The van der Waals surface area contributed by atoms with E-state index >= 15 is 0 Å². The third-order valence-corrected chi connectivity index (χ3v) is 9.97. The minimum atomic E-state index is -1.81. The number of rotatable bonds is 5. The number of aliphatic carboxylic acids is 1. The molecule has 1 unspecified atom stereocenters. The van der Waals surface area contributed by atoms with Gasteiger partial charge in [0.05, 0.1) is 28.4 Å². The number of pyridine rings is 1. The molecule has 3 aliphatic rings. The normalized spacial score (nSPS) is 27.4. The largest absolute Gasteiger partial charge is 0.479 e. The maximum absolute atomic E-state index is 14.8. The van der Waals surface area contributed by atoms with Crippen LogP contribution in [0, 0.1) is 17.6 Å². The number of carboxylic acid groups (broad SMARTS) is 1. The monoisotopic (exact) mass is 711 g/mol. The molecule has 1 aromatic heterocycles. The Morgan fingerprint density at radius 1 is 1.06 bits per heavy atom. The van der Waals surface area contributed by atoms with Crippen molar-refractivity contribution in [1.82, 2.24) is 9.88 Å². The Kier molecular flexibility index (Phi) is 10.3. The topological polar surface area (TPSA) is 170 Å². The zero-order chi connectivity index (χ0) is 35.9. The van der Waals surface area contributed by atoms with Gasteiger partial charge in [0, 0.05) is 42.4 Å². The van der Waals surface area contributed by atoms with Crippen LogP contribution in [0.5, 0.6) is 0 Å².